The fourth-order valence-corrected chi connectivity index (χ4v) is 5.66. The van der Waals surface area contributed by atoms with E-state index >= 15 is 0 Å². The molecular formula is C21H32O5S2. The van der Waals surface area contributed by atoms with E-state index in [0.717, 1.165) is 32.1 Å². The van der Waals surface area contributed by atoms with Crippen LogP contribution in [0.2, 0.25) is 0 Å². The Morgan fingerprint density at radius 1 is 1.32 bits per heavy atom. The molecule has 1 aliphatic carbocycles. The summed E-state index contributed by atoms with van der Waals surface area (Å²) in [5.74, 6) is 0.499. The molecule has 1 heterocycles. The Morgan fingerprint density at radius 2 is 2.11 bits per heavy atom. The average Bonchev–Trinajstić information content (AvgIpc) is 3.29. The normalized spacial score (nSPS) is 23.1. The molecule has 1 aromatic rings. The van der Waals surface area contributed by atoms with Gasteiger partial charge in [0.05, 0.1) is 23.5 Å². The van der Waals surface area contributed by atoms with E-state index in [1.807, 2.05) is 17.5 Å². The molecule has 0 aromatic carbocycles. The maximum Gasteiger partial charge on any atom is 0.305 e. The molecule has 0 saturated heterocycles. The number of hydrogen-bond donors (Lipinski definition) is 2. The summed E-state index contributed by atoms with van der Waals surface area (Å²) < 4.78 is 5.82. The molecule has 1 fully saturated rings. The van der Waals surface area contributed by atoms with Gasteiger partial charge < -0.3 is 14.9 Å². The van der Waals surface area contributed by atoms with Crippen LogP contribution < -0.4 is 0 Å². The van der Waals surface area contributed by atoms with Crippen molar-refractivity contribution >= 4 is 34.9 Å². The number of methoxy groups -OCH3 is 1. The summed E-state index contributed by atoms with van der Waals surface area (Å²) in [6.07, 6.45) is 5.45. The number of aliphatic hydroxyl groups excluding tert-OH is 2. The van der Waals surface area contributed by atoms with Gasteiger partial charge in [-0.25, -0.2) is 0 Å². The molecule has 0 amide bonds. The van der Waals surface area contributed by atoms with Crippen molar-refractivity contribution in [3.05, 3.63) is 17.5 Å². The zero-order chi connectivity index (χ0) is 20.4. The van der Waals surface area contributed by atoms with Crippen LogP contribution in [0.15, 0.2) is 21.7 Å². The van der Waals surface area contributed by atoms with Crippen LogP contribution in [0.5, 0.6) is 0 Å². The van der Waals surface area contributed by atoms with E-state index in [1.165, 1.54) is 11.3 Å². The summed E-state index contributed by atoms with van der Waals surface area (Å²) in [4.78, 5) is 23.4. The number of esters is 1. The maximum atomic E-state index is 12.3. The van der Waals surface area contributed by atoms with Crippen LogP contribution in [-0.4, -0.2) is 47.0 Å². The Hall–Kier alpha value is -0.890. The van der Waals surface area contributed by atoms with Crippen molar-refractivity contribution in [1.82, 2.24) is 0 Å². The maximum absolute atomic E-state index is 12.3. The SMILES string of the molecule is COC(=O)CCCCCCC1C(=O)CC(O)[C@@H]1CCC(O)CSc1cccs1. The fraction of sp³-hybridized carbons (Fsp3) is 0.714. The van der Waals surface area contributed by atoms with Crippen LogP contribution in [-0.2, 0) is 14.3 Å². The van der Waals surface area contributed by atoms with Gasteiger partial charge in [0.15, 0.2) is 0 Å². The van der Waals surface area contributed by atoms with Gasteiger partial charge in [-0.15, -0.1) is 23.1 Å². The van der Waals surface area contributed by atoms with Gasteiger partial charge in [0.1, 0.15) is 5.78 Å². The van der Waals surface area contributed by atoms with Crippen LogP contribution in [0.1, 0.15) is 57.8 Å². The first-order valence-corrected chi connectivity index (χ1v) is 12.0. The number of ketones is 1. The highest BCUT2D eigenvalue weighted by molar-refractivity contribution is 8.01. The van der Waals surface area contributed by atoms with Crippen molar-refractivity contribution in [3.8, 4) is 0 Å². The number of Topliss-reactive ketones (excluding diaryl/α,β-unsaturated/α-hetero) is 1. The van der Waals surface area contributed by atoms with E-state index in [4.69, 9.17) is 0 Å². The number of hydrogen-bond acceptors (Lipinski definition) is 7. The van der Waals surface area contributed by atoms with Gasteiger partial charge in [-0.1, -0.05) is 25.3 Å². The van der Waals surface area contributed by atoms with Gasteiger partial charge >= 0.3 is 5.97 Å². The monoisotopic (exact) mass is 428 g/mol. The van der Waals surface area contributed by atoms with Gasteiger partial charge in [-0.3, -0.25) is 9.59 Å². The Morgan fingerprint density at radius 3 is 2.82 bits per heavy atom. The van der Waals surface area contributed by atoms with E-state index in [9.17, 15) is 19.8 Å². The van der Waals surface area contributed by atoms with Crippen LogP contribution in [0.3, 0.4) is 0 Å². The van der Waals surface area contributed by atoms with Crippen molar-refractivity contribution in [1.29, 1.82) is 0 Å². The largest absolute Gasteiger partial charge is 0.469 e. The number of thiophene rings is 1. The van der Waals surface area contributed by atoms with Crippen LogP contribution in [0.4, 0.5) is 0 Å². The molecule has 4 atom stereocenters. The molecule has 28 heavy (non-hydrogen) atoms. The second kappa shape index (κ2) is 12.6. The summed E-state index contributed by atoms with van der Waals surface area (Å²) in [6.45, 7) is 0. The lowest BCUT2D eigenvalue weighted by atomic mass is 9.85. The number of unbranched alkanes of at least 4 members (excludes halogenated alkanes) is 3. The van der Waals surface area contributed by atoms with Gasteiger partial charge in [-0.2, -0.15) is 0 Å². The molecule has 0 bridgehead atoms. The van der Waals surface area contributed by atoms with E-state index < -0.39 is 12.2 Å². The van der Waals surface area contributed by atoms with Gasteiger partial charge in [0, 0.05) is 24.5 Å². The van der Waals surface area contributed by atoms with Crippen molar-refractivity contribution < 1.29 is 24.5 Å². The number of ether oxygens (including phenoxy) is 1. The average molecular weight is 429 g/mol. The number of carbonyl (C=O) groups is 2. The standard InChI is InChI=1S/C21H32O5S2/c1-26-20(25)8-5-3-2-4-7-16-17(19(24)13-18(16)23)11-10-15(22)14-28-21-9-6-12-27-21/h6,9,12,15-17,19,22,24H,2-5,7-8,10-11,13-14H2,1H3/t15?,16?,17-,19?/m1/s1. The number of carbonyl (C=O) groups excluding carboxylic acids is 2. The third kappa shape index (κ3) is 7.85. The topological polar surface area (TPSA) is 83.8 Å². The molecule has 2 rings (SSSR count). The molecule has 0 spiro atoms. The van der Waals surface area contributed by atoms with Crippen molar-refractivity contribution in [3.63, 3.8) is 0 Å². The second-order valence-corrected chi connectivity index (χ2v) is 9.78. The highest BCUT2D eigenvalue weighted by Crippen LogP contribution is 2.37. The minimum atomic E-state index is -0.575. The van der Waals surface area contributed by atoms with Gasteiger partial charge in [0.25, 0.3) is 0 Å². The number of thioether (sulfide) groups is 1. The summed E-state index contributed by atoms with van der Waals surface area (Å²) >= 11 is 3.32. The van der Waals surface area contributed by atoms with E-state index in [0.29, 0.717) is 25.0 Å². The van der Waals surface area contributed by atoms with Crippen LogP contribution >= 0.6 is 23.1 Å². The van der Waals surface area contributed by atoms with E-state index in [2.05, 4.69) is 4.74 Å². The first-order chi connectivity index (χ1) is 13.5. The Bertz CT molecular complexity index is 590. The summed E-state index contributed by atoms with van der Waals surface area (Å²) in [5, 5.41) is 22.6. The molecule has 1 aliphatic rings. The molecular weight excluding hydrogens is 396 g/mol. The first-order valence-electron chi connectivity index (χ1n) is 10.1. The van der Waals surface area contributed by atoms with Crippen molar-refractivity contribution in [2.75, 3.05) is 12.9 Å². The van der Waals surface area contributed by atoms with Crippen molar-refractivity contribution in [2.45, 2.75) is 74.2 Å². The highest BCUT2D eigenvalue weighted by atomic mass is 32.2. The molecule has 2 N–H and O–H groups in total. The molecule has 3 unspecified atom stereocenters. The fourth-order valence-electron chi connectivity index (χ4n) is 3.87. The lowest BCUT2D eigenvalue weighted by Crippen LogP contribution is -2.23. The van der Waals surface area contributed by atoms with Crippen LogP contribution in [0.25, 0.3) is 0 Å². The lowest BCUT2D eigenvalue weighted by Gasteiger charge is -2.22. The zero-order valence-corrected chi connectivity index (χ0v) is 18.2. The Balaban J connectivity index is 1.67. The molecule has 1 aromatic heterocycles. The van der Waals surface area contributed by atoms with Crippen molar-refractivity contribution in [2.24, 2.45) is 11.8 Å². The summed E-state index contributed by atoms with van der Waals surface area (Å²) in [7, 11) is 1.40. The smallest absolute Gasteiger partial charge is 0.305 e. The molecule has 0 radical (unpaired) electrons. The highest BCUT2D eigenvalue weighted by Gasteiger charge is 2.40. The minimum Gasteiger partial charge on any atom is -0.469 e. The van der Waals surface area contributed by atoms with E-state index in [-0.39, 0.29) is 30.0 Å². The quantitative estimate of drug-likeness (QED) is 0.280. The molecule has 1 saturated carbocycles. The van der Waals surface area contributed by atoms with Crippen LogP contribution in [0, 0.1) is 11.8 Å². The summed E-state index contributed by atoms with van der Waals surface area (Å²) in [6, 6.07) is 4.04. The third-order valence-corrected chi connectivity index (χ3v) is 7.73. The van der Waals surface area contributed by atoms with Gasteiger partial charge in [0.2, 0.25) is 0 Å². The predicted octanol–water partition coefficient (Wildman–Crippen LogP) is 4.06. The first kappa shape index (κ1) is 23.4. The zero-order valence-electron chi connectivity index (χ0n) is 16.5. The predicted molar refractivity (Wildman–Crippen MR) is 113 cm³/mol. The molecule has 158 valence electrons. The Labute approximate surface area is 175 Å². The third-order valence-electron chi connectivity index (χ3n) is 5.45. The van der Waals surface area contributed by atoms with Gasteiger partial charge in [-0.05, 0) is 43.0 Å². The number of aliphatic hydroxyl groups is 2. The minimum absolute atomic E-state index is 0.0380. The molecule has 0 aliphatic heterocycles. The van der Waals surface area contributed by atoms with E-state index in [1.54, 1.807) is 23.1 Å². The lowest BCUT2D eigenvalue weighted by molar-refractivity contribution is -0.140. The Kier molecular flexibility index (Phi) is 10.5. The second-order valence-electron chi connectivity index (χ2n) is 7.51. The summed E-state index contributed by atoms with van der Waals surface area (Å²) in [5.41, 5.74) is 0. The number of rotatable bonds is 13. The molecule has 5 nitrogen and oxygen atoms in total. The molecule has 7 heteroatoms.